The van der Waals surface area contributed by atoms with Gasteiger partial charge in [0.1, 0.15) is 0 Å². The summed E-state index contributed by atoms with van der Waals surface area (Å²) < 4.78 is 0. The van der Waals surface area contributed by atoms with Gasteiger partial charge in [0.05, 0.1) is 0 Å². The lowest BCUT2D eigenvalue weighted by Gasteiger charge is -2.33. The van der Waals surface area contributed by atoms with E-state index in [1.807, 2.05) is 0 Å². The summed E-state index contributed by atoms with van der Waals surface area (Å²) in [6.07, 6.45) is 4.41. The monoisotopic (exact) mass is 279 g/mol. The normalized spacial score (nSPS) is 18.6. The molecule has 1 heterocycles. The molecule has 2 heteroatoms. The highest BCUT2D eigenvalue weighted by molar-refractivity contribution is 5.96. The highest BCUT2D eigenvalue weighted by Gasteiger charge is 2.35. The van der Waals surface area contributed by atoms with Gasteiger partial charge in [0.2, 0.25) is 5.91 Å². The van der Waals surface area contributed by atoms with E-state index >= 15 is 0 Å². The Morgan fingerprint density at radius 1 is 1.05 bits per heavy atom. The Balaban J connectivity index is 3.24. The Bertz CT molecular complexity index is 379. The van der Waals surface area contributed by atoms with Crippen molar-refractivity contribution in [1.82, 2.24) is 4.90 Å². The fraction of sp³-hybridized carbons (Fsp3) is 0.833. The summed E-state index contributed by atoms with van der Waals surface area (Å²) in [6.45, 7) is 17.3. The average molecular weight is 279 g/mol. The summed E-state index contributed by atoms with van der Waals surface area (Å²) in [5.74, 6) is 0.286. The van der Waals surface area contributed by atoms with E-state index in [2.05, 4.69) is 53.4 Å². The smallest absolute Gasteiger partial charge is 0.250 e. The van der Waals surface area contributed by atoms with Crippen molar-refractivity contribution in [3.8, 4) is 0 Å². The molecule has 0 saturated carbocycles. The first kappa shape index (κ1) is 17.3. The van der Waals surface area contributed by atoms with Gasteiger partial charge in [-0.05, 0) is 30.1 Å². The minimum atomic E-state index is -0.0749. The second-order valence-corrected chi connectivity index (χ2v) is 8.10. The average Bonchev–Trinajstić information content (AvgIpc) is 2.44. The fourth-order valence-corrected chi connectivity index (χ4v) is 3.05. The van der Waals surface area contributed by atoms with Crippen LogP contribution in [0.15, 0.2) is 11.1 Å². The predicted molar refractivity (Wildman–Crippen MR) is 86.7 cm³/mol. The van der Waals surface area contributed by atoms with Crippen molar-refractivity contribution in [3.63, 3.8) is 0 Å². The minimum absolute atomic E-state index is 0.0749. The van der Waals surface area contributed by atoms with Crippen LogP contribution in [-0.4, -0.2) is 23.9 Å². The van der Waals surface area contributed by atoms with Gasteiger partial charge in [-0.3, -0.25) is 4.79 Å². The van der Waals surface area contributed by atoms with Crippen molar-refractivity contribution in [2.45, 2.75) is 74.1 Å². The number of unbranched alkanes of at least 4 members (excludes halogenated alkanes) is 1. The molecule has 1 amide bonds. The van der Waals surface area contributed by atoms with Gasteiger partial charge in [-0.25, -0.2) is 0 Å². The van der Waals surface area contributed by atoms with E-state index < -0.39 is 0 Å². The molecule has 1 aliphatic rings. The molecule has 116 valence electrons. The quantitative estimate of drug-likeness (QED) is 0.727. The van der Waals surface area contributed by atoms with E-state index in [0.717, 1.165) is 44.3 Å². The molecule has 0 aromatic heterocycles. The van der Waals surface area contributed by atoms with Crippen molar-refractivity contribution in [2.75, 3.05) is 13.1 Å². The van der Waals surface area contributed by atoms with Crippen LogP contribution in [0.2, 0.25) is 0 Å². The van der Waals surface area contributed by atoms with E-state index in [9.17, 15) is 4.79 Å². The number of amides is 1. The molecule has 0 saturated heterocycles. The Kier molecular flexibility index (Phi) is 5.46. The zero-order chi connectivity index (χ0) is 15.6. The molecule has 2 nitrogen and oxygen atoms in total. The summed E-state index contributed by atoms with van der Waals surface area (Å²) in [5, 5.41) is 0. The number of nitrogens with zero attached hydrogens (tertiary/aromatic N) is 1. The highest BCUT2D eigenvalue weighted by atomic mass is 16.2. The number of rotatable bonds is 3. The van der Waals surface area contributed by atoms with Crippen molar-refractivity contribution in [1.29, 1.82) is 0 Å². The van der Waals surface area contributed by atoms with Crippen LogP contribution in [0.1, 0.15) is 74.1 Å². The number of carbonyl (C=O) groups excluding carboxylic acids is 1. The lowest BCUT2D eigenvalue weighted by Crippen LogP contribution is -2.37. The Morgan fingerprint density at radius 3 is 2.10 bits per heavy atom. The van der Waals surface area contributed by atoms with Crippen molar-refractivity contribution < 1.29 is 4.79 Å². The summed E-state index contributed by atoms with van der Waals surface area (Å²) >= 11 is 0. The molecule has 20 heavy (non-hydrogen) atoms. The first-order chi connectivity index (χ1) is 9.09. The van der Waals surface area contributed by atoms with E-state index in [1.54, 1.807) is 0 Å². The molecule has 0 radical (unpaired) electrons. The van der Waals surface area contributed by atoms with E-state index in [0.29, 0.717) is 0 Å². The molecule has 1 aliphatic heterocycles. The van der Waals surface area contributed by atoms with Gasteiger partial charge in [0.25, 0.3) is 0 Å². The maximum Gasteiger partial charge on any atom is 0.250 e. The van der Waals surface area contributed by atoms with Gasteiger partial charge in [-0.2, -0.15) is 0 Å². The second kappa shape index (κ2) is 6.32. The maximum absolute atomic E-state index is 13.0. The van der Waals surface area contributed by atoms with Gasteiger partial charge in [0.15, 0.2) is 0 Å². The largest absolute Gasteiger partial charge is 0.339 e. The highest BCUT2D eigenvalue weighted by Crippen LogP contribution is 2.41. The number of hydrogen-bond donors (Lipinski definition) is 0. The van der Waals surface area contributed by atoms with Gasteiger partial charge in [-0.1, -0.05) is 60.5 Å². The molecular formula is C18H33NO. The van der Waals surface area contributed by atoms with Crippen LogP contribution in [0, 0.1) is 10.8 Å². The van der Waals surface area contributed by atoms with Gasteiger partial charge in [0, 0.05) is 18.7 Å². The van der Waals surface area contributed by atoms with Crippen LogP contribution in [0.5, 0.6) is 0 Å². The van der Waals surface area contributed by atoms with Crippen molar-refractivity contribution in [3.05, 3.63) is 11.1 Å². The van der Waals surface area contributed by atoms with Crippen molar-refractivity contribution in [2.24, 2.45) is 10.8 Å². The third-order valence-electron chi connectivity index (χ3n) is 4.09. The van der Waals surface area contributed by atoms with Gasteiger partial charge >= 0.3 is 0 Å². The van der Waals surface area contributed by atoms with Crippen LogP contribution in [0.4, 0.5) is 0 Å². The molecule has 0 unspecified atom stereocenters. The second-order valence-electron chi connectivity index (χ2n) is 8.10. The van der Waals surface area contributed by atoms with Crippen LogP contribution in [-0.2, 0) is 4.79 Å². The van der Waals surface area contributed by atoms with E-state index in [1.165, 1.54) is 5.57 Å². The first-order valence-electron chi connectivity index (χ1n) is 8.12. The van der Waals surface area contributed by atoms with Crippen molar-refractivity contribution >= 4 is 5.91 Å². The Morgan fingerprint density at radius 2 is 1.65 bits per heavy atom. The molecular weight excluding hydrogens is 246 g/mol. The molecule has 1 rings (SSSR count). The SMILES string of the molecule is CCCCN1CCCC(C(C)(C)C)=C(C(C)(C)C)C1=O. The summed E-state index contributed by atoms with van der Waals surface area (Å²) in [7, 11) is 0. The molecule has 0 N–H and O–H groups in total. The lowest BCUT2D eigenvalue weighted by atomic mass is 9.73. The van der Waals surface area contributed by atoms with Gasteiger partial charge in [-0.15, -0.1) is 0 Å². The molecule has 0 aromatic carbocycles. The van der Waals surface area contributed by atoms with E-state index in [4.69, 9.17) is 0 Å². The third-order valence-corrected chi connectivity index (χ3v) is 4.09. The molecule has 0 atom stereocenters. The van der Waals surface area contributed by atoms with Crippen LogP contribution >= 0.6 is 0 Å². The standard InChI is InChI=1S/C18H33NO/c1-8-9-12-19-13-10-11-14(17(2,3)4)15(16(19)20)18(5,6)7/h8-13H2,1-7H3. The Hall–Kier alpha value is -0.790. The number of allylic oxidation sites excluding steroid dienone is 1. The molecule has 0 bridgehead atoms. The minimum Gasteiger partial charge on any atom is -0.339 e. The molecule has 0 fully saturated rings. The zero-order valence-electron chi connectivity index (χ0n) is 14.6. The van der Waals surface area contributed by atoms with Gasteiger partial charge < -0.3 is 4.90 Å². The molecule has 0 aliphatic carbocycles. The van der Waals surface area contributed by atoms with Crippen LogP contribution in [0.3, 0.4) is 0 Å². The summed E-state index contributed by atoms with van der Waals surface area (Å²) in [6, 6.07) is 0. The zero-order valence-corrected chi connectivity index (χ0v) is 14.6. The molecule has 0 aromatic rings. The molecule has 0 spiro atoms. The fourth-order valence-electron chi connectivity index (χ4n) is 3.05. The third kappa shape index (κ3) is 4.10. The predicted octanol–water partition coefficient (Wildman–Crippen LogP) is 4.80. The van der Waals surface area contributed by atoms with Crippen LogP contribution < -0.4 is 0 Å². The summed E-state index contributed by atoms with van der Waals surface area (Å²) in [4.78, 5) is 15.1. The van der Waals surface area contributed by atoms with Crippen LogP contribution in [0.25, 0.3) is 0 Å². The Labute approximate surface area is 125 Å². The van der Waals surface area contributed by atoms with E-state index in [-0.39, 0.29) is 16.7 Å². The maximum atomic E-state index is 13.0. The topological polar surface area (TPSA) is 20.3 Å². The number of hydrogen-bond acceptors (Lipinski definition) is 1. The lowest BCUT2D eigenvalue weighted by molar-refractivity contribution is -0.128. The number of carbonyl (C=O) groups is 1. The summed E-state index contributed by atoms with van der Waals surface area (Å²) in [5.41, 5.74) is 2.45. The first-order valence-corrected chi connectivity index (χ1v) is 8.12.